The van der Waals surface area contributed by atoms with E-state index in [1.165, 1.54) is 12.1 Å². The van der Waals surface area contributed by atoms with Crippen molar-refractivity contribution in [3.8, 4) is 0 Å². The van der Waals surface area contributed by atoms with Gasteiger partial charge in [0.2, 0.25) is 10.0 Å². The van der Waals surface area contributed by atoms with E-state index in [-0.39, 0.29) is 10.6 Å². The van der Waals surface area contributed by atoms with Gasteiger partial charge in [-0.15, -0.1) is 0 Å². The van der Waals surface area contributed by atoms with Crippen LogP contribution in [-0.2, 0) is 25.9 Å². The Morgan fingerprint density at radius 3 is 1.87 bits per heavy atom. The van der Waals surface area contributed by atoms with Gasteiger partial charge >= 0.3 is 0 Å². The average Bonchev–Trinajstić information content (AvgIpc) is 2.00. The highest BCUT2D eigenvalue weighted by atomic mass is 32.2. The van der Waals surface area contributed by atoms with Gasteiger partial charge in [0.1, 0.15) is 0 Å². The van der Waals surface area contributed by atoms with Crippen LogP contribution in [0.15, 0.2) is 29.2 Å². The standard InChI is InChI=1S/C7H9NO5S2/c8-14(9,10)5-6-1-3-7(4-2-6)15(11,12)13/h1-4H,5H2,(H2,8,9,10)(H,11,12,13). The maximum Gasteiger partial charge on any atom is 0.294 e. The Bertz CT molecular complexity index is 544. The van der Waals surface area contributed by atoms with Gasteiger partial charge in [-0.2, -0.15) is 8.42 Å². The van der Waals surface area contributed by atoms with Crippen molar-refractivity contribution in [3.05, 3.63) is 29.8 Å². The highest BCUT2D eigenvalue weighted by Crippen LogP contribution is 2.11. The molecule has 0 saturated carbocycles. The smallest absolute Gasteiger partial charge is 0.282 e. The monoisotopic (exact) mass is 251 g/mol. The molecule has 0 aromatic heterocycles. The van der Waals surface area contributed by atoms with Crippen molar-refractivity contribution in [1.29, 1.82) is 0 Å². The number of rotatable bonds is 3. The Morgan fingerprint density at radius 1 is 1.07 bits per heavy atom. The number of nitrogens with two attached hydrogens (primary N) is 1. The second-order valence-electron chi connectivity index (χ2n) is 2.93. The fraction of sp³-hybridized carbons (Fsp3) is 0.143. The van der Waals surface area contributed by atoms with E-state index < -0.39 is 20.1 Å². The number of sulfonamides is 1. The molecule has 0 heterocycles. The third-order valence-electron chi connectivity index (χ3n) is 1.59. The molecule has 1 aromatic carbocycles. The maximum atomic E-state index is 10.7. The Labute approximate surface area is 87.5 Å². The molecule has 0 saturated heterocycles. The van der Waals surface area contributed by atoms with Gasteiger partial charge in [0.25, 0.3) is 10.1 Å². The lowest BCUT2D eigenvalue weighted by Crippen LogP contribution is -2.14. The van der Waals surface area contributed by atoms with Crippen LogP contribution < -0.4 is 5.14 Å². The Balaban J connectivity index is 3.02. The zero-order valence-corrected chi connectivity index (χ0v) is 9.12. The molecule has 84 valence electrons. The van der Waals surface area contributed by atoms with Crippen LogP contribution in [0.1, 0.15) is 5.56 Å². The molecule has 1 aromatic rings. The van der Waals surface area contributed by atoms with E-state index in [4.69, 9.17) is 9.69 Å². The summed E-state index contributed by atoms with van der Waals surface area (Å²) in [5.41, 5.74) is 0.352. The quantitative estimate of drug-likeness (QED) is 0.717. The summed E-state index contributed by atoms with van der Waals surface area (Å²) in [6.45, 7) is 0. The van der Waals surface area contributed by atoms with Gasteiger partial charge < -0.3 is 0 Å². The van der Waals surface area contributed by atoms with Crippen LogP contribution in [0, 0.1) is 0 Å². The molecular formula is C7H9NO5S2. The topological polar surface area (TPSA) is 115 Å². The third-order valence-corrected chi connectivity index (χ3v) is 3.19. The second-order valence-corrected chi connectivity index (χ2v) is 5.96. The lowest BCUT2D eigenvalue weighted by atomic mass is 10.2. The minimum absolute atomic E-state index is 0.291. The van der Waals surface area contributed by atoms with Crippen LogP contribution in [0.3, 0.4) is 0 Å². The van der Waals surface area contributed by atoms with Crippen molar-refractivity contribution in [2.75, 3.05) is 0 Å². The number of primary sulfonamides is 1. The highest BCUT2D eigenvalue weighted by Gasteiger charge is 2.10. The molecule has 0 bridgehead atoms. The van der Waals surface area contributed by atoms with Crippen molar-refractivity contribution in [3.63, 3.8) is 0 Å². The summed E-state index contributed by atoms with van der Waals surface area (Å²) < 4.78 is 51.3. The zero-order chi connectivity index (χ0) is 11.7. The minimum atomic E-state index is -4.24. The SMILES string of the molecule is NS(=O)(=O)Cc1ccc(S(=O)(=O)O)cc1. The molecule has 0 spiro atoms. The molecule has 8 heteroatoms. The summed E-state index contributed by atoms with van der Waals surface area (Å²) in [6.07, 6.45) is 0. The van der Waals surface area contributed by atoms with Crippen LogP contribution >= 0.6 is 0 Å². The molecule has 1 rings (SSSR count). The summed E-state index contributed by atoms with van der Waals surface area (Å²) in [5.74, 6) is -0.376. The average molecular weight is 251 g/mol. The molecular weight excluding hydrogens is 242 g/mol. The summed E-state index contributed by atoms with van der Waals surface area (Å²) in [7, 11) is -7.88. The van der Waals surface area contributed by atoms with Gasteiger partial charge in [0.15, 0.2) is 0 Å². The summed E-state index contributed by atoms with van der Waals surface area (Å²) >= 11 is 0. The predicted octanol–water partition coefficient (Wildman–Crippen LogP) is -0.278. The predicted molar refractivity (Wildman–Crippen MR) is 53.1 cm³/mol. The molecule has 15 heavy (non-hydrogen) atoms. The maximum absolute atomic E-state index is 10.7. The number of hydrogen-bond acceptors (Lipinski definition) is 4. The fourth-order valence-electron chi connectivity index (χ4n) is 0.990. The van der Waals surface area contributed by atoms with Crippen LogP contribution in [0.2, 0.25) is 0 Å². The first-order chi connectivity index (χ1) is 6.68. The Hall–Kier alpha value is -0.960. The van der Waals surface area contributed by atoms with Crippen LogP contribution in [0.5, 0.6) is 0 Å². The van der Waals surface area contributed by atoms with Crippen molar-refractivity contribution < 1.29 is 21.4 Å². The first kappa shape index (κ1) is 12.1. The summed E-state index contributed by atoms with van der Waals surface area (Å²) in [5, 5.41) is 4.80. The molecule has 0 unspecified atom stereocenters. The number of hydrogen-bond donors (Lipinski definition) is 2. The zero-order valence-electron chi connectivity index (χ0n) is 7.49. The van der Waals surface area contributed by atoms with E-state index in [0.717, 1.165) is 12.1 Å². The largest absolute Gasteiger partial charge is 0.294 e. The van der Waals surface area contributed by atoms with Gasteiger partial charge in [0, 0.05) is 0 Å². The molecule has 0 radical (unpaired) electrons. The Kier molecular flexibility index (Phi) is 3.14. The van der Waals surface area contributed by atoms with Gasteiger partial charge in [0.05, 0.1) is 10.6 Å². The third kappa shape index (κ3) is 3.96. The molecule has 0 aliphatic heterocycles. The first-order valence-electron chi connectivity index (χ1n) is 3.75. The van der Waals surface area contributed by atoms with E-state index in [9.17, 15) is 16.8 Å². The summed E-state index contributed by atoms with van der Waals surface area (Å²) in [4.78, 5) is -0.291. The van der Waals surface area contributed by atoms with E-state index in [1.807, 2.05) is 0 Å². The van der Waals surface area contributed by atoms with Gasteiger partial charge in [-0.05, 0) is 17.7 Å². The lowest BCUT2D eigenvalue weighted by molar-refractivity contribution is 0.483. The molecule has 6 nitrogen and oxygen atoms in total. The minimum Gasteiger partial charge on any atom is -0.282 e. The molecule has 0 atom stereocenters. The molecule has 0 aliphatic rings. The van der Waals surface area contributed by atoms with E-state index in [0.29, 0.717) is 5.56 Å². The van der Waals surface area contributed by atoms with E-state index in [1.54, 1.807) is 0 Å². The molecule has 0 fully saturated rings. The van der Waals surface area contributed by atoms with Gasteiger partial charge in [-0.25, -0.2) is 13.6 Å². The summed E-state index contributed by atoms with van der Waals surface area (Å²) in [6, 6.07) is 4.76. The van der Waals surface area contributed by atoms with Crippen LogP contribution in [0.25, 0.3) is 0 Å². The van der Waals surface area contributed by atoms with Crippen molar-refractivity contribution in [2.24, 2.45) is 5.14 Å². The van der Waals surface area contributed by atoms with E-state index >= 15 is 0 Å². The van der Waals surface area contributed by atoms with Crippen LogP contribution in [0.4, 0.5) is 0 Å². The fourth-order valence-corrected chi connectivity index (χ4v) is 2.13. The highest BCUT2D eigenvalue weighted by molar-refractivity contribution is 7.88. The Morgan fingerprint density at radius 2 is 1.53 bits per heavy atom. The van der Waals surface area contributed by atoms with Crippen LogP contribution in [-0.4, -0.2) is 21.4 Å². The van der Waals surface area contributed by atoms with E-state index in [2.05, 4.69) is 0 Å². The normalized spacial score (nSPS) is 12.7. The first-order valence-corrected chi connectivity index (χ1v) is 6.91. The van der Waals surface area contributed by atoms with Crippen molar-refractivity contribution in [1.82, 2.24) is 0 Å². The van der Waals surface area contributed by atoms with Crippen molar-refractivity contribution >= 4 is 20.1 Å². The van der Waals surface area contributed by atoms with Gasteiger partial charge in [-0.1, -0.05) is 12.1 Å². The molecule has 3 N–H and O–H groups in total. The second kappa shape index (κ2) is 3.89. The van der Waals surface area contributed by atoms with Crippen molar-refractivity contribution in [2.45, 2.75) is 10.6 Å². The van der Waals surface area contributed by atoms with Gasteiger partial charge in [-0.3, -0.25) is 4.55 Å². The lowest BCUT2D eigenvalue weighted by Gasteiger charge is -2.00. The number of benzene rings is 1. The molecule has 0 amide bonds. The molecule has 0 aliphatic carbocycles.